The van der Waals surface area contributed by atoms with Crippen LogP contribution in [0.4, 0.5) is 0 Å². The number of hydrogen-bond donors (Lipinski definition) is 1. The van der Waals surface area contributed by atoms with Gasteiger partial charge in [0.15, 0.2) is 0 Å². The summed E-state index contributed by atoms with van der Waals surface area (Å²) in [5.41, 5.74) is 4.21. The van der Waals surface area contributed by atoms with E-state index in [-0.39, 0.29) is 0 Å². The van der Waals surface area contributed by atoms with Crippen LogP contribution in [0.15, 0.2) is 60.0 Å². The van der Waals surface area contributed by atoms with Gasteiger partial charge in [0.25, 0.3) is 0 Å². The van der Waals surface area contributed by atoms with Crippen LogP contribution < -0.4 is 0 Å². The minimum absolute atomic E-state index is 0.500. The molecule has 0 saturated carbocycles. The Balaban J connectivity index is 1.75. The lowest BCUT2D eigenvalue weighted by molar-refractivity contribution is 0.178. The molecule has 3 heteroatoms. The zero-order valence-electron chi connectivity index (χ0n) is 11.9. The van der Waals surface area contributed by atoms with Crippen molar-refractivity contribution in [2.24, 2.45) is 0 Å². The van der Waals surface area contributed by atoms with Crippen molar-refractivity contribution in [3.8, 4) is 11.3 Å². The van der Waals surface area contributed by atoms with Crippen molar-refractivity contribution < 1.29 is 5.11 Å². The number of aliphatic hydroxyl groups is 1. The average molecular weight is 295 g/mol. The Hall–Kier alpha value is -1.97. The second kappa shape index (κ2) is 6.20. The Morgan fingerprint density at radius 1 is 1.10 bits per heavy atom. The van der Waals surface area contributed by atoms with Gasteiger partial charge in [0, 0.05) is 17.4 Å². The molecule has 0 amide bonds. The minimum Gasteiger partial charge on any atom is -0.388 e. The van der Waals surface area contributed by atoms with Gasteiger partial charge < -0.3 is 5.11 Å². The summed E-state index contributed by atoms with van der Waals surface area (Å²) in [5.74, 6) is 0. The van der Waals surface area contributed by atoms with Gasteiger partial charge in [-0.3, -0.25) is 0 Å². The molecule has 1 N–H and O–H groups in total. The highest BCUT2D eigenvalue weighted by Crippen LogP contribution is 2.25. The molecular formula is C18H17NOS. The molecule has 0 saturated heterocycles. The van der Waals surface area contributed by atoms with Crippen molar-refractivity contribution in [2.75, 3.05) is 0 Å². The number of aromatic nitrogens is 1. The molecule has 0 aliphatic heterocycles. The van der Waals surface area contributed by atoms with Crippen LogP contribution in [0.2, 0.25) is 0 Å². The Morgan fingerprint density at radius 3 is 2.67 bits per heavy atom. The first-order chi connectivity index (χ1) is 10.2. The normalized spacial score (nSPS) is 12.3. The quantitative estimate of drug-likeness (QED) is 0.774. The van der Waals surface area contributed by atoms with E-state index in [2.05, 4.69) is 17.1 Å². The molecule has 1 heterocycles. The molecule has 1 unspecified atom stereocenters. The van der Waals surface area contributed by atoms with Crippen LogP contribution in [-0.2, 0) is 6.42 Å². The summed E-state index contributed by atoms with van der Waals surface area (Å²) in [6.07, 6.45) is 0.0562. The van der Waals surface area contributed by atoms with Crippen molar-refractivity contribution in [3.63, 3.8) is 0 Å². The number of nitrogens with zero attached hydrogens (tertiary/aromatic N) is 1. The largest absolute Gasteiger partial charge is 0.388 e. The lowest BCUT2D eigenvalue weighted by atomic mass is 10.0. The fraction of sp³-hybridized carbons (Fsp3) is 0.167. The van der Waals surface area contributed by atoms with Crippen LogP contribution in [0.1, 0.15) is 22.2 Å². The summed E-state index contributed by atoms with van der Waals surface area (Å²) in [5, 5.41) is 13.4. The van der Waals surface area contributed by atoms with Gasteiger partial charge in [-0.2, -0.15) is 0 Å². The first-order valence-electron chi connectivity index (χ1n) is 6.97. The fourth-order valence-corrected chi connectivity index (χ4v) is 3.15. The molecule has 0 spiro atoms. The average Bonchev–Trinajstić information content (AvgIpc) is 2.97. The maximum atomic E-state index is 10.3. The van der Waals surface area contributed by atoms with Crippen LogP contribution in [0, 0.1) is 6.92 Å². The van der Waals surface area contributed by atoms with Crippen molar-refractivity contribution >= 4 is 11.3 Å². The van der Waals surface area contributed by atoms with Crippen LogP contribution in [-0.4, -0.2) is 10.1 Å². The zero-order valence-corrected chi connectivity index (χ0v) is 12.7. The van der Waals surface area contributed by atoms with Gasteiger partial charge in [-0.25, -0.2) is 4.98 Å². The topological polar surface area (TPSA) is 33.1 Å². The van der Waals surface area contributed by atoms with E-state index in [1.807, 2.05) is 54.8 Å². The Labute approximate surface area is 128 Å². The molecule has 0 bridgehead atoms. The maximum Gasteiger partial charge on any atom is 0.0961 e. The van der Waals surface area contributed by atoms with Crippen molar-refractivity contribution in [1.82, 2.24) is 4.98 Å². The minimum atomic E-state index is -0.500. The van der Waals surface area contributed by atoms with Gasteiger partial charge in [0.1, 0.15) is 0 Å². The molecule has 3 rings (SSSR count). The molecule has 3 aromatic rings. The number of rotatable bonds is 4. The number of benzene rings is 2. The van der Waals surface area contributed by atoms with E-state index in [1.165, 1.54) is 0 Å². The van der Waals surface area contributed by atoms with E-state index in [0.29, 0.717) is 6.42 Å². The number of aryl methyl sites for hydroxylation is 1. The number of thiazole rings is 1. The molecular weight excluding hydrogens is 278 g/mol. The lowest BCUT2D eigenvalue weighted by Crippen LogP contribution is -2.01. The van der Waals surface area contributed by atoms with Gasteiger partial charge in [-0.15, -0.1) is 11.3 Å². The number of aliphatic hydroxyl groups excluding tert-OH is 1. The van der Waals surface area contributed by atoms with Crippen LogP contribution in [0.25, 0.3) is 11.3 Å². The Morgan fingerprint density at radius 2 is 1.90 bits per heavy atom. The highest BCUT2D eigenvalue weighted by molar-refractivity contribution is 7.09. The SMILES string of the molecule is Cc1cccc(C(O)Cc2nc(-c3ccccc3)cs2)c1. The third kappa shape index (κ3) is 3.38. The molecule has 1 aromatic heterocycles. The highest BCUT2D eigenvalue weighted by Gasteiger charge is 2.12. The summed E-state index contributed by atoms with van der Waals surface area (Å²) < 4.78 is 0. The zero-order chi connectivity index (χ0) is 14.7. The van der Waals surface area contributed by atoms with Crippen LogP contribution in [0.3, 0.4) is 0 Å². The summed E-state index contributed by atoms with van der Waals surface area (Å²) in [7, 11) is 0. The van der Waals surface area contributed by atoms with E-state index >= 15 is 0 Å². The smallest absolute Gasteiger partial charge is 0.0961 e. The Kier molecular flexibility index (Phi) is 4.13. The predicted octanol–water partition coefficient (Wildman–Crippen LogP) is 4.39. The van der Waals surface area contributed by atoms with E-state index in [1.54, 1.807) is 11.3 Å². The fourth-order valence-electron chi connectivity index (χ4n) is 2.31. The predicted molar refractivity (Wildman–Crippen MR) is 87.4 cm³/mol. The van der Waals surface area contributed by atoms with Gasteiger partial charge in [-0.1, -0.05) is 60.2 Å². The van der Waals surface area contributed by atoms with Gasteiger partial charge >= 0.3 is 0 Å². The monoisotopic (exact) mass is 295 g/mol. The molecule has 2 aromatic carbocycles. The van der Waals surface area contributed by atoms with Gasteiger partial charge in [-0.05, 0) is 12.5 Å². The van der Waals surface area contributed by atoms with Gasteiger partial charge in [0.2, 0.25) is 0 Å². The maximum absolute atomic E-state index is 10.3. The first kappa shape index (κ1) is 14.0. The molecule has 2 nitrogen and oxygen atoms in total. The van der Waals surface area contributed by atoms with Crippen LogP contribution in [0.5, 0.6) is 0 Å². The summed E-state index contributed by atoms with van der Waals surface area (Å²) in [4.78, 5) is 4.63. The molecule has 0 aliphatic rings. The third-order valence-corrected chi connectivity index (χ3v) is 4.29. The van der Waals surface area contributed by atoms with E-state index in [0.717, 1.165) is 27.4 Å². The third-order valence-electron chi connectivity index (χ3n) is 3.42. The van der Waals surface area contributed by atoms with E-state index < -0.39 is 6.10 Å². The molecule has 0 fully saturated rings. The number of hydrogen-bond acceptors (Lipinski definition) is 3. The summed E-state index contributed by atoms with van der Waals surface area (Å²) in [6, 6.07) is 18.1. The molecule has 1 atom stereocenters. The second-order valence-corrected chi connectivity index (χ2v) is 6.07. The highest BCUT2D eigenvalue weighted by atomic mass is 32.1. The first-order valence-corrected chi connectivity index (χ1v) is 7.85. The van der Waals surface area contributed by atoms with Crippen molar-refractivity contribution in [3.05, 3.63) is 76.1 Å². The van der Waals surface area contributed by atoms with Crippen molar-refractivity contribution in [2.45, 2.75) is 19.4 Å². The van der Waals surface area contributed by atoms with E-state index in [4.69, 9.17) is 0 Å². The van der Waals surface area contributed by atoms with Crippen molar-refractivity contribution in [1.29, 1.82) is 0 Å². The van der Waals surface area contributed by atoms with E-state index in [9.17, 15) is 5.11 Å². The van der Waals surface area contributed by atoms with Gasteiger partial charge in [0.05, 0.1) is 16.8 Å². The molecule has 21 heavy (non-hydrogen) atoms. The summed E-state index contributed by atoms with van der Waals surface area (Å²) >= 11 is 1.60. The molecule has 0 aliphatic carbocycles. The standard InChI is InChI=1S/C18H17NOS/c1-13-6-5-9-15(10-13)17(20)11-18-19-16(12-21-18)14-7-3-2-4-8-14/h2-10,12,17,20H,11H2,1H3. The van der Waals surface area contributed by atoms with Crippen LogP contribution >= 0.6 is 11.3 Å². The molecule has 0 radical (unpaired) electrons. The Bertz CT molecular complexity index is 721. The lowest BCUT2D eigenvalue weighted by Gasteiger charge is -2.09. The molecule has 106 valence electrons. The second-order valence-electron chi connectivity index (χ2n) is 5.13. The summed E-state index contributed by atoms with van der Waals surface area (Å²) in [6.45, 7) is 2.03.